The fourth-order valence-corrected chi connectivity index (χ4v) is 4.65. The summed E-state index contributed by atoms with van der Waals surface area (Å²) in [7, 11) is 0. The first-order chi connectivity index (χ1) is 16.1. The minimum atomic E-state index is 0.0446. The predicted molar refractivity (Wildman–Crippen MR) is 135 cm³/mol. The molecular weight excluding hydrogens is 408 g/mol. The number of aryl methyl sites for hydroxylation is 3. The largest absolute Gasteiger partial charge is 0.338 e. The number of fused-ring (bicyclic) bond motifs is 1. The van der Waals surface area contributed by atoms with Crippen LogP contribution in [0, 0.1) is 6.92 Å². The Balaban J connectivity index is 1.51. The second-order valence-electron chi connectivity index (χ2n) is 8.49. The molecule has 0 aliphatic carbocycles. The summed E-state index contributed by atoms with van der Waals surface area (Å²) < 4.78 is 3.65. The fraction of sp³-hybridized carbons (Fsp3) is 0.214. The summed E-state index contributed by atoms with van der Waals surface area (Å²) in [6.45, 7) is 7.44. The lowest BCUT2D eigenvalue weighted by Crippen LogP contribution is -2.22. The quantitative estimate of drug-likeness (QED) is 0.366. The van der Waals surface area contributed by atoms with Gasteiger partial charge in [-0.15, -0.1) is 0 Å². The van der Waals surface area contributed by atoms with Crippen molar-refractivity contribution in [2.45, 2.75) is 40.3 Å². The third-order valence-corrected chi connectivity index (χ3v) is 6.20. The molecule has 5 aromatic rings. The van der Waals surface area contributed by atoms with Crippen molar-refractivity contribution >= 4 is 11.0 Å². The van der Waals surface area contributed by atoms with Crippen LogP contribution in [0.1, 0.15) is 30.5 Å². The van der Waals surface area contributed by atoms with Crippen molar-refractivity contribution < 1.29 is 0 Å². The van der Waals surface area contributed by atoms with E-state index in [0.717, 1.165) is 40.1 Å². The van der Waals surface area contributed by atoms with E-state index in [0.29, 0.717) is 13.1 Å². The van der Waals surface area contributed by atoms with Crippen molar-refractivity contribution in [3.05, 3.63) is 100 Å². The lowest BCUT2D eigenvalue weighted by molar-refractivity contribution is 0.671. The molecule has 0 aliphatic heterocycles. The lowest BCUT2D eigenvalue weighted by atomic mass is 10.00. The second-order valence-corrected chi connectivity index (χ2v) is 8.49. The number of rotatable bonds is 6. The summed E-state index contributed by atoms with van der Waals surface area (Å²) in [5, 5.41) is 0. The van der Waals surface area contributed by atoms with Crippen molar-refractivity contribution in [1.82, 2.24) is 19.1 Å². The summed E-state index contributed by atoms with van der Waals surface area (Å²) in [5.41, 5.74) is 8.79. The number of aromatic amines is 1. The van der Waals surface area contributed by atoms with Gasteiger partial charge in [0.1, 0.15) is 5.82 Å². The van der Waals surface area contributed by atoms with Crippen molar-refractivity contribution in [3.8, 4) is 22.6 Å². The van der Waals surface area contributed by atoms with Gasteiger partial charge in [0.2, 0.25) is 0 Å². The predicted octanol–water partition coefficient (Wildman–Crippen LogP) is 5.80. The van der Waals surface area contributed by atoms with E-state index in [2.05, 4.69) is 71.5 Å². The Labute approximate surface area is 193 Å². The zero-order valence-electron chi connectivity index (χ0n) is 19.3. The second kappa shape index (κ2) is 8.58. The third-order valence-electron chi connectivity index (χ3n) is 6.20. The minimum absolute atomic E-state index is 0.0446. The van der Waals surface area contributed by atoms with Gasteiger partial charge in [0, 0.05) is 24.2 Å². The highest BCUT2D eigenvalue weighted by Crippen LogP contribution is 2.27. The SMILES string of the molecule is CCn1c(=O)n(CC)c2cc(-c3cnc(-c4cc(C)cc(Cc5ccccc5)c4)[nH]3)ccc21. The van der Waals surface area contributed by atoms with Gasteiger partial charge in [0.05, 0.1) is 22.9 Å². The van der Waals surface area contributed by atoms with Gasteiger partial charge in [-0.3, -0.25) is 9.13 Å². The van der Waals surface area contributed by atoms with Crippen LogP contribution >= 0.6 is 0 Å². The van der Waals surface area contributed by atoms with E-state index in [9.17, 15) is 4.79 Å². The summed E-state index contributed by atoms with van der Waals surface area (Å²) in [5.74, 6) is 0.849. The zero-order valence-corrected chi connectivity index (χ0v) is 19.3. The van der Waals surface area contributed by atoms with E-state index in [1.165, 1.54) is 16.7 Å². The average molecular weight is 437 g/mol. The van der Waals surface area contributed by atoms with Crippen LogP contribution in [0.4, 0.5) is 0 Å². The third kappa shape index (κ3) is 3.91. The molecule has 0 saturated carbocycles. The molecule has 5 rings (SSSR count). The Hall–Kier alpha value is -3.86. The van der Waals surface area contributed by atoms with Crippen LogP contribution in [0.15, 0.2) is 77.7 Å². The highest BCUT2D eigenvalue weighted by Gasteiger charge is 2.14. The highest BCUT2D eigenvalue weighted by molar-refractivity contribution is 5.82. The standard InChI is InChI=1S/C28H28N4O/c1-4-31-25-12-11-22(17-26(25)32(5-2)28(31)33)24-18-29-27(30-24)23-14-19(3)13-21(16-23)15-20-9-7-6-8-10-20/h6-14,16-18H,4-5,15H2,1-3H3,(H,29,30). The molecule has 0 saturated heterocycles. The molecule has 0 aliphatic rings. The maximum atomic E-state index is 12.7. The smallest absolute Gasteiger partial charge is 0.329 e. The van der Waals surface area contributed by atoms with Gasteiger partial charge < -0.3 is 4.98 Å². The lowest BCUT2D eigenvalue weighted by Gasteiger charge is -2.07. The normalized spacial score (nSPS) is 11.4. The molecule has 0 fully saturated rings. The maximum absolute atomic E-state index is 12.7. The molecule has 5 heteroatoms. The van der Waals surface area contributed by atoms with Crippen LogP contribution in [0.5, 0.6) is 0 Å². The van der Waals surface area contributed by atoms with Crippen LogP contribution < -0.4 is 5.69 Å². The molecule has 1 N–H and O–H groups in total. The number of nitrogens with one attached hydrogen (secondary N) is 1. The van der Waals surface area contributed by atoms with Gasteiger partial charge in [0.25, 0.3) is 0 Å². The molecular formula is C28H28N4O. The van der Waals surface area contributed by atoms with Gasteiger partial charge in [-0.25, -0.2) is 9.78 Å². The molecule has 0 unspecified atom stereocenters. The van der Waals surface area contributed by atoms with Gasteiger partial charge in [-0.1, -0.05) is 48.0 Å². The molecule has 0 amide bonds. The van der Waals surface area contributed by atoms with Crippen molar-refractivity contribution in [2.75, 3.05) is 0 Å². The first-order valence-electron chi connectivity index (χ1n) is 11.5. The Morgan fingerprint density at radius 1 is 0.818 bits per heavy atom. The van der Waals surface area contributed by atoms with E-state index in [-0.39, 0.29) is 5.69 Å². The summed E-state index contributed by atoms with van der Waals surface area (Å²) in [6.07, 6.45) is 2.77. The monoisotopic (exact) mass is 436 g/mol. The molecule has 5 nitrogen and oxygen atoms in total. The van der Waals surface area contributed by atoms with Gasteiger partial charge >= 0.3 is 5.69 Å². The van der Waals surface area contributed by atoms with E-state index >= 15 is 0 Å². The molecule has 0 bridgehead atoms. The molecule has 2 aromatic heterocycles. The number of aromatic nitrogens is 4. The van der Waals surface area contributed by atoms with Crippen molar-refractivity contribution in [1.29, 1.82) is 0 Å². The van der Waals surface area contributed by atoms with E-state index < -0.39 is 0 Å². The van der Waals surface area contributed by atoms with Crippen LogP contribution in [0.25, 0.3) is 33.7 Å². The Morgan fingerprint density at radius 3 is 2.33 bits per heavy atom. The molecule has 2 heterocycles. The molecule has 0 atom stereocenters. The summed E-state index contributed by atoms with van der Waals surface area (Å²) in [6, 6.07) is 23.3. The molecule has 0 radical (unpaired) electrons. The first-order valence-corrected chi connectivity index (χ1v) is 11.5. The van der Waals surface area contributed by atoms with Gasteiger partial charge in [-0.05, 0) is 62.6 Å². The Morgan fingerprint density at radius 2 is 1.58 bits per heavy atom. The molecule has 0 spiro atoms. The maximum Gasteiger partial charge on any atom is 0.329 e. The number of hydrogen-bond donors (Lipinski definition) is 1. The fourth-order valence-electron chi connectivity index (χ4n) is 4.65. The average Bonchev–Trinajstić information content (AvgIpc) is 3.41. The van der Waals surface area contributed by atoms with Crippen LogP contribution in [-0.4, -0.2) is 19.1 Å². The van der Waals surface area contributed by atoms with Crippen molar-refractivity contribution in [2.24, 2.45) is 0 Å². The van der Waals surface area contributed by atoms with Crippen LogP contribution in [0.3, 0.4) is 0 Å². The minimum Gasteiger partial charge on any atom is -0.338 e. The zero-order chi connectivity index (χ0) is 22.9. The number of benzene rings is 3. The molecule has 166 valence electrons. The topological polar surface area (TPSA) is 55.6 Å². The van der Waals surface area contributed by atoms with E-state index in [1.54, 1.807) is 0 Å². The van der Waals surface area contributed by atoms with Gasteiger partial charge in [-0.2, -0.15) is 0 Å². The van der Waals surface area contributed by atoms with Crippen molar-refractivity contribution in [3.63, 3.8) is 0 Å². The molecule has 33 heavy (non-hydrogen) atoms. The summed E-state index contributed by atoms with van der Waals surface area (Å²) >= 11 is 0. The number of hydrogen-bond acceptors (Lipinski definition) is 2. The number of imidazole rings is 2. The summed E-state index contributed by atoms with van der Waals surface area (Å²) in [4.78, 5) is 20.9. The van der Waals surface area contributed by atoms with Crippen LogP contribution in [-0.2, 0) is 19.5 Å². The number of nitrogens with zero attached hydrogens (tertiary/aromatic N) is 3. The Bertz CT molecular complexity index is 1490. The molecule has 3 aromatic carbocycles. The first kappa shape index (κ1) is 21.0. The van der Waals surface area contributed by atoms with E-state index in [4.69, 9.17) is 0 Å². The highest BCUT2D eigenvalue weighted by atomic mass is 16.1. The number of H-pyrrole nitrogens is 1. The van der Waals surface area contributed by atoms with Crippen LogP contribution in [0.2, 0.25) is 0 Å². The van der Waals surface area contributed by atoms with E-state index in [1.807, 2.05) is 41.3 Å². The Kier molecular flexibility index (Phi) is 5.47. The van der Waals surface area contributed by atoms with Gasteiger partial charge in [0.15, 0.2) is 0 Å².